The minimum atomic E-state index is -0.905. The number of esters is 1. The molecule has 0 unspecified atom stereocenters. The van der Waals surface area contributed by atoms with Crippen LogP contribution in [0.3, 0.4) is 0 Å². The summed E-state index contributed by atoms with van der Waals surface area (Å²) in [6, 6.07) is 11.8. The molecular weight excluding hydrogens is 346 g/mol. The van der Waals surface area contributed by atoms with E-state index < -0.39 is 12.1 Å². The Bertz CT molecular complexity index is 963. The number of hydrogen-bond donors (Lipinski definition) is 0. The van der Waals surface area contributed by atoms with E-state index in [1.165, 1.54) is 0 Å². The number of ketones is 1. The van der Waals surface area contributed by atoms with Gasteiger partial charge in [-0.05, 0) is 63.2 Å². The molecule has 3 rings (SSSR count). The minimum absolute atomic E-state index is 0.274. The van der Waals surface area contributed by atoms with Gasteiger partial charge in [0, 0.05) is 12.1 Å². The maximum Gasteiger partial charge on any atom is 0.338 e. The monoisotopic (exact) mass is 367 g/mol. The fourth-order valence-corrected chi connectivity index (χ4v) is 2.73. The van der Waals surface area contributed by atoms with Gasteiger partial charge in [0.15, 0.2) is 6.10 Å². The molecule has 3 aromatic rings. The minimum Gasteiger partial charge on any atom is -0.494 e. The maximum atomic E-state index is 12.5. The summed E-state index contributed by atoms with van der Waals surface area (Å²) in [6.07, 6.45) is -0.905. The van der Waals surface area contributed by atoms with Gasteiger partial charge in [0.05, 0.1) is 17.7 Å². The second kappa shape index (κ2) is 7.99. The first-order valence-corrected chi connectivity index (χ1v) is 8.84. The predicted octanol–water partition coefficient (Wildman–Crippen LogP) is 3.28. The highest BCUT2D eigenvalue weighted by Crippen LogP contribution is 2.17. The van der Waals surface area contributed by atoms with Gasteiger partial charge in [-0.3, -0.25) is 4.79 Å². The van der Waals surface area contributed by atoms with Gasteiger partial charge in [0.25, 0.3) is 0 Å². The van der Waals surface area contributed by atoms with Crippen molar-refractivity contribution in [2.75, 3.05) is 6.61 Å². The summed E-state index contributed by atoms with van der Waals surface area (Å²) in [5.74, 6) is -0.161. The molecule has 1 aromatic heterocycles. The van der Waals surface area contributed by atoms with Gasteiger partial charge in [-0.15, -0.1) is 5.10 Å². The van der Waals surface area contributed by atoms with Crippen LogP contribution in [0.15, 0.2) is 42.5 Å². The average Bonchev–Trinajstić information content (AvgIpc) is 3.10. The van der Waals surface area contributed by atoms with Crippen LogP contribution in [-0.2, 0) is 11.3 Å². The highest BCUT2D eigenvalue weighted by Gasteiger charge is 2.21. The number of hydrogen-bond acceptors (Lipinski definition) is 6. The van der Waals surface area contributed by atoms with E-state index in [0.717, 1.165) is 5.52 Å². The van der Waals surface area contributed by atoms with Crippen molar-refractivity contribution in [2.45, 2.75) is 33.4 Å². The molecule has 0 fully saturated rings. The first-order chi connectivity index (χ1) is 13.0. The van der Waals surface area contributed by atoms with Crippen molar-refractivity contribution >= 4 is 22.8 Å². The van der Waals surface area contributed by atoms with Gasteiger partial charge < -0.3 is 9.47 Å². The number of aryl methyl sites for hydroxylation is 1. The van der Waals surface area contributed by atoms with Crippen LogP contribution in [0.25, 0.3) is 11.0 Å². The lowest BCUT2D eigenvalue weighted by molar-refractivity contribution is 0.0319. The third-order valence-corrected chi connectivity index (χ3v) is 4.15. The number of ether oxygens (including phenoxy) is 2. The average molecular weight is 367 g/mol. The summed E-state index contributed by atoms with van der Waals surface area (Å²) < 4.78 is 12.4. The zero-order chi connectivity index (χ0) is 19.4. The topological polar surface area (TPSA) is 83.3 Å². The Morgan fingerprint density at radius 3 is 2.44 bits per heavy atom. The third kappa shape index (κ3) is 3.97. The van der Waals surface area contributed by atoms with E-state index in [9.17, 15) is 9.59 Å². The van der Waals surface area contributed by atoms with Crippen LogP contribution >= 0.6 is 0 Å². The quantitative estimate of drug-likeness (QED) is 0.471. The van der Waals surface area contributed by atoms with Crippen LogP contribution in [-0.4, -0.2) is 39.5 Å². The highest BCUT2D eigenvalue weighted by molar-refractivity contribution is 6.02. The molecule has 0 aliphatic heterocycles. The Balaban J connectivity index is 1.70. The SMILES string of the molecule is CCOc1ccc(C(=O)[C@@H](C)OC(=O)c2ccc3c(c2)nnn3CC)cc1. The van der Waals surface area contributed by atoms with Gasteiger partial charge in [0.1, 0.15) is 11.3 Å². The van der Waals surface area contributed by atoms with Crippen LogP contribution in [0.4, 0.5) is 0 Å². The first kappa shape index (κ1) is 18.6. The molecule has 7 heteroatoms. The van der Waals surface area contributed by atoms with Gasteiger partial charge in [-0.25, -0.2) is 9.48 Å². The Labute approximate surface area is 156 Å². The van der Waals surface area contributed by atoms with Crippen molar-refractivity contribution in [2.24, 2.45) is 0 Å². The molecule has 0 N–H and O–H groups in total. The standard InChI is InChI=1S/C20H21N3O4/c1-4-23-18-11-8-15(12-17(18)21-22-23)20(25)27-13(3)19(24)14-6-9-16(10-7-14)26-5-2/h6-13H,4-5H2,1-3H3/t13-/m1/s1. The molecule has 0 saturated carbocycles. The van der Waals surface area contributed by atoms with E-state index in [4.69, 9.17) is 9.47 Å². The number of carbonyl (C=O) groups is 2. The summed E-state index contributed by atoms with van der Waals surface area (Å²) >= 11 is 0. The Hall–Kier alpha value is -3.22. The first-order valence-electron chi connectivity index (χ1n) is 8.84. The molecule has 27 heavy (non-hydrogen) atoms. The molecule has 1 atom stereocenters. The van der Waals surface area contributed by atoms with Crippen molar-refractivity contribution in [1.82, 2.24) is 15.0 Å². The summed E-state index contributed by atoms with van der Waals surface area (Å²) in [6.45, 7) is 6.65. The number of fused-ring (bicyclic) bond motifs is 1. The molecule has 0 radical (unpaired) electrons. The predicted molar refractivity (Wildman–Crippen MR) is 100 cm³/mol. The Morgan fingerprint density at radius 1 is 1.07 bits per heavy atom. The highest BCUT2D eigenvalue weighted by atomic mass is 16.5. The van der Waals surface area contributed by atoms with Crippen molar-refractivity contribution in [3.05, 3.63) is 53.6 Å². The van der Waals surface area contributed by atoms with Crippen LogP contribution in [0.2, 0.25) is 0 Å². The summed E-state index contributed by atoms with van der Waals surface area (Å²) in [5, 5.41) is 8.06. The van der Waals surface area contributed by atoms with Gasteiger partial charge in [0.2, 0.25) is 5.78 Å². The van der Waals surface area contributed by atoms with Gasteiger partial charge >= 0.3 is 5.97 Å². The van der Waals surface area contributed by atoms with Crippen LogP contribution < -0.4 is 4.74 Å². The largest absolute Gasteiger partial charge is 0.494 e. The number of nitrogens with zero attached hydrogens (tertiary/aromatic N) is 3. The van der Waals surface area contributed by atoms with E-state index in [1.807, 2.05) is 13.8 Å². The van der Waals surface area contributed by atoms with Crippen molar-refractivity contribution in [3.63, 3.8) is 0 Å². The summed E-state index contributed by atoms with van der Waals surface area (Å²) in [5.41, 5.74) is 2.24. The second-order valence-electron chi connectivity index (χ2n) is 5.98. The normalized spacial score (nSPS) is 12.0. The fourth-order valence-electron chi connectivity index (χ4n) is 2.73. The number of aromatic nitrogens is 3. The lowest BCUT2D eigenvalue weighted by atomic mass is 10.1. The molecule has 0 amide bonds. The lowest BCUT2D eigenvalue weighted by Crippen LogP contribution is -2.24. The van der Waals surface area contributed by atoms with E-state index in [0.29, 0.717) is 35.5 Å². The molecule has 0 aliphatic rings. The van der Waals surface area contributed by atoms with Crippen LogP contribution in [0.5, 0.6) is 5.75 Å². The molecule has 0 spiro atoms. The molecule has 0 bridgehead atoms. The number of Topliss-reactive ketones (excluding diaryl/α,β-unsaturated/α-hetero) is 1. The Kier molecular flexibility index (Phi) is 5.49. The van der Waals surface area contributed by atoms with Crippen molar-refractivity contribution in [1.29, 1.82) is 0 Å². The third-order valence-electron chi connectivity index (χ3n) is 4.15. The maximum absolute atomic E-state index is 12.5. The molecule has 0 saturated heterocycles. The molecule has 2 aromatic carbocycles. The lowest BCUT2D eigenvalue weighted by Gasteiger charge is -2.13. The molecular formula is C20H21N3O4. The zero-order valence-electron chi connectivity index (χ0n) is 15.5. The molecule has 0 aliphatic carbocycles. The van der Waals surface area contributed by atoms with Crippen LogP contribution in [0, 0.1) is 0 Å². The van der Waals surface area contributed by atoms with E-state index in [-0.39, 0.29) is 5.78 Å². The fraction of sp³-hybridized carbons (Fsp3) is 0.300. The molecule has 1 heterocycles. The summed E-state index contributed by atoms with van der Waals surface area (Å²) in [7, 11) is 0. The van der Waals surface area contributed by atoms with E-state index in [2.05, 4.69) is 10.3 Å². The zero-order valence-corrected chi connectivity index (χ0v) is 15.5. The van der Waals surface area contributed by atoms with Gasteiger partial charge in [-0.2, -0.15) is 0 Å². The number of benzene rings is 2. The van der Waals surface area contributed by atoms with E-state index >= 15 is 0 Å². The van der Waals surface area contributed by atoms with Crippen molar-refractivity contribution < 1.29 is 19.1 Å². The van der Waals surface area contributed by atoms with Crippen molar-refractivity contribution in [3.8, 4) is 5.75 Å². The molecule has 7 nitrogen and oxygen atoms in total. The van der Waals surface area contributed by atoms with Crippen LogP contribution in [0.1, 0.15) is 41.5 Å². The van der Waals surface area contributed by atoms with E-state index in [1.54, 1.807) is 54.1 Å². The molecule has 140 valence electrons. The number of carbonyl (C=O) groups excluding carboxylic acids is 2. The van der Waals surface area contributed by atoms with Gasteiger partial charge in [-0.1, -0.05) is 5.21 Å². The number of rotatable bonds is 7. The second-order valence-corrected chi connectivity index (χ2v) is 5.98. The smallest absolute Gasteiger partial charge is 0.338 e. The Morgan fingerprint density at radius 2 is 1.78 bits per heavy atom. The summed E-state index contributed by atoms with van der Waals surface area (Å²) in [4.78, 5) is 24.9.